The molecule has 0 radical (unpaired) electrons. The Balaban J connectivity index is 1.89. The van der Waals surface area contributed by atoms with Crippen LogP contribution in [-0.2, 0) is 4.79 Å². The van der Waals surface area contributed by atoms with Crippen LogP contribution in [0.15, 0.2) is 12.4 Å². The van der Waals surface area contributed by atoms with Crippen LogP contribution in [0, 0.1) is 11.8 Å². The number of hydrogen-bond acceptors (Lipinski definition) is 4. The van der Waals surface area contributed by atoms with Crippen LogP contribution >= 0.6 is 11.6 Å². The predicted octanol–water partition coefficient (Wildman–Crippen LogP) is 2.17. The molecule has 8 heteroatoms. The van der Waals surface area contributed by atoms with Gasteiger partial charge in [-0.1, -0.05) is 11.6 Å². The van der Waals surface area contributed by atoms with Crippen molar-refractivity contribution in [2.45, 2.75) is 25.7 Å². The molecule has 1 aromatic heterocycles. The monoisotopic (exact) mass is 326 g/mol. The highest BCUT2D eigenvalue weighted by Crippen LogP contribution is 2.31. The van der Waals surface area contributed by atoms with E-state index in [1.165, 1.54) is 17.3 Å². The lowest BCUT2D eigenvalue weighted by molar-refractivity contribution is -0.123. The molecule has 1 fully saturated rings. The number of carbonyl (C=O) groups is 2. The van der Waals surface area contributed by atoms with E-state index in [2.05, 4.69) is 15.3 Å². The summed E-state index contributed by atoms with van der Waals surface area (Å²) in [5.41, 5.74) is 0. The van der Waals surface area contributed by atoms with Gasteiger partial charge in [0.2, 0.25) is 5.91 Å². The largest absolute Gasteiger partial charge is 0.465 e. The van der Waals surface area contributed by atoms with Gasteiger partial charge in [-0.15, -0.1) is 0 Å². The van der Waals surface area contributed by atoms with Crippen LogP contribution in [0.2, 0.25) is 5.15 Å². The van der Waals surface area contributed by atoms with Crippen molar-refractivity contribution in [2.24, 2.45) is 11.8 Å². The Labute approximate surface area is 133 Å². The summed E-state index contributed by atoms with van der Waals surface area (Å²) in [6.07, 6.45) is 5.12. The minimum absolute atomic E-state index is 0.0213. The summed E-state index contributed by atoms with van der Waals surface area (Å²) in [4.78, 5) is 32.5. The molecule has 0 atom stereocenters. The first-order valence-electron chi connectivity index (χ1n) is 7.20. The van der Waals surface area contributed by atoms with Crippen molar-refractivity contribution in [1.82, 2.24) is 15.3 Å². The Bertz CT molecular complexity index is 547. The van der Waals surface area contributed by atoms with Crippen molar-refractivity contribution in [3.8, 4) is 0 Å². The summed E-state index contributed by atoms with van der Waals surface area (Å²) in [7, 11) is 1.65. The molecule has 1 aliphatic carbocycles. The first-order chi connectivity index (χ1) is 10.5. The summed E-state index contributed by atoms with van der Waals surface area (Å²) < 4.78 is 0. The molecule has 120 valence electrons. The van der Waals surface area contributed by atoms with Gasteiger partial charge < -0.3 is 10.4 Å². The molecule has 22 heavy (non-hydrogen) atoms. The first-order valence-corrected chi connectivity index (χ1v) is 7.57. The molecule has 1 heterocycles. The number of nitrogens with zero attached hydrogens (tertiary/aromatic N) is 3. The van der Waals surface area contributed by atoms with E-state index < -0.39 is 6.09 Å². The van der Waals surface area contributed by atoms with Gasteiger partial charge in [-0.25, -0.2) is 14.8 Å². The molecule has 0 spiro atoms. The fraction of sp³-hybridized carbons (Fsp3) is 0.571. The smallest absolute Gasteiger partial charge is 0.404 e. The summed E-state index contributed by atoms with van der Waals surface area (Å²) in [6.45, 7) is 0.447. The molecular formula is C14H19ClN4O3. The third-order valence-corrected chi connectivity index (χ3v) is 4.29. The minimum atomic E-state index is -1.00. The topological polar surface area (TPSA) is 95.4 Å². The number of carbonyl (C=O) groups excluding carboxylic acids is 1. The second kappa shape index (κ2) is 7.40. The van der Waals surface area contributed by atoms with Gasteiger partial charge in [-0.3, -0.25) is 9.69 Å². The number of halogens is 1. The van der Waals surface area contributed by atoms with Crippen molar-refractivity contribution in [3.63, 3.8) is 0 Å². The highest BCUT2D eigenvalue weighted by molar-refractivity contribution is 6.32. The van der Waals surface area contributed by atoms with Crippen molar-refractivity contribution < 1.29 is 14.7 Å². The van der Waals surface area contributed by atoms with Crippen LogP contribution < -0.4 is 10.2 Å². The number of anilines is 1. The summed E-state index contributed by atoms with van der Waals surface area (Å²) in [5.74, 6) is 0.561. The van der Waals surface area contributed by atoms with Crippen molar-refractivity contribution in [1.29, 1.82) is 0 Å². The van der Waals surface area contributed by atoms with Gasteiger partial charge in [0.1, 0.15) is 0 Å². The molecule has 1 aliphatic rings. The zero-order valence-corrected chi connectivity index (χ0v) is 13.1. The highest BCUT2D eigenvalue weighted by Gasteiger charge is 2.30. The SMILES string of the molecule is CN(C(=O)C1CCC(CNC(=O)O)CC1)c1nccnc1Cl. The van der Waals surface area contributed by atoms with Crippen molar-refractivity contribution in [3.05, 3.63) is 17.5 Å². The van der Waals surface area contributed by atoms with E-state index in [1.54, 1.807) is 7.05 Å². The molecule has 1 aromatic rings. The Morgan fingerprint density at radius 2 is 1.95 bits per heavy atom. The second-order valence-electron chi connectivity index (χ2n) is 5.47. The van der Waals surface area contributed by atoms with Crippen LogP contribution in [0.4, 0.5) is 10.6 Å². The number of rotatable bonds is 4. The molecule has 2 rings (SSSR count). The van der Waals surface area contributed by atoms with E-state index in [0.29, 0.717) is 18.3 Å². The number of amides is 2. The van der Waals surface area contributed by atoms with E-state index >= 15 is 0 Å². The number of nitrogens with one attached hydrogen (secondary N) is 1. The van der Waals surface area contributed by atoms with E-state index in [-0.39, 0.29) is 17.0 Å². The molecule has 1 saturated carbocycles. The summed E-state index contributed by atoms with van der Waals surface area (Å²) in [5, 5.41) is 11.2. The zero-order valence-electron chi connectivity index (χ0n) is 12.3. The van der Waals surface area contributed by atoms with Gasteiger partial charge in [0.25, 0.3) is 0 Å². The van der Waals surface area contributed by atoms with Crippen LogP contribution in [-0.4, -0.2) is 40.7 Å². The van der Waals surface area contributed by atoms with Gasteiger partial charge >= 0.3 is 6.09 Å². The lowest BCUT2D eigenvalue weighted by atomic mass is 9.81. The van der Waals surface area contributed by atoms with Gasteiger partial charge in [-0.05, 0) is 31.6 Å². The Kier molecular flexibility index (Phi) is 5.54. The van der Waals surface area contributed by atoms with Crippen LogP contribution in [0.1, 0.15) is 25.7 Å². The quantitative estimate of drug-likeness (QED) is 0.884. The van der Waals surface area contributed by atoms with E-state index in [9.17, 15) is 9.59 Å². The standard InChI is InChI=1S/C14H19ClN4O3/c1-19(12-11(15)16-6-7-17-12)13(20)10-4-2-9(3-5-10)8-18-14(21)22/h6-7,9-10,18H,2-5,8H2,1H3,(H,21,22). The molecule has 7 nitrogen and oxygen atoms in total. The fourth-order valence-electron chi connectivity index (χ4n) is 2.76. The molecule has 0 aliphatic heterocycles. The van der Waals surface area contributed by atoms with E-state index in [4.69, 9.17) is 16.7 Å². The molecular weight excluding hydrogens is 308 g/mol. The van der Waals surface area contributed by atoms with Gasteiger partial charge in [-0.2, -0.15) is 0 Å². The van der Waals surface area contributed by atoms with E-state index in [0.717, 1.165) is 25.7 Å². The van der Waals surface area contributed by atoms with Crippen molar-refractivity contribution in [2.75, 3.05) is 18.5 Å². The van der Waals surface area contributed by atoms with Gasteiger partial charge in [0, 0.05) is 31.9 Å². The third kappa shape index (κ3) is 4.07. The molecule has 0 unspecified atom stereocenters. The minimum Gasteiger partial charge on any atom is -0.465 e. The van der Waals surface area contributed by atoms with E-state index in [1.807, 2.05) is 0 Å². The lowest BCUT2D eigenvalue weighted by Crippen LogP contribution is -2.37. The van der Waals surface area contributed by atoms with Crippen molar-refractivity contribution >= 4 is 29.4 Å². The number of carboxylic acid groups (broad SMARTS) is 1. The number of hydrogen-bond donors (Lipinski definition) is 2. The summed E-state index contributed by atoms with van der Waals surface area (Å²) >= 11 is 5.96. The maximum absolute atomic E-state index is 12.5. The summed E-state index contributed by atoms with van der Waals surface area (Å²) in [6, 6.07) is 0. The number of aromatic nitrogens is 2. The molecule has 2 N–H and O–H groups in total. The first kappa shape index (κ1) is 16.5. The second-order valence-corrected chi connectivity index (χ2v) is 5.83. The molecule has 0 aromatic carbocycles. The average Bonchev–Trinajstić information content (AvgIpc) is 2.52. The van der Waals surface area contributed by atoms with Crippen LogP contribution in [0.5, 0.6) is 0 Å². The van der Waals surface area contributed by atoms with Crippen LogP contribution in [0.25, 0.3) is 0 Å². The zero-order chi connectivity index (χ0) is 16.1. The highest BCUT2D eigenvalue weighted by atomic mass is 35.5. The predicted molar refractivity (Wildman–Crippen MR) is 81.9 cm³/mol. The Morgan fingerprint density at radius 1 is 1.32 bits per heavy atom. The lowest BCUT2D eigenvalue weighted by Gasteiger charge is -2.30. The Hall–Kier alpha value is -1.89. The van der Waals surface area contributed by atoms with Gasteiger partial charge in [0.15, 0.2) is 11.0 Å². The maximum Gasteiger partial charge on any atom is 0.404 e. The average molecular weight is 327 g/mol. The van der Waals surface area contributed by atoms with Gasteiger partial charge in [0.05, 0.1) is 0 Å². The van der Waals surface area contributed by atoms with Crippen LogP contribution in [0.3, 0.4) is 0 Å². The third-order valence-electron chi connectivity index (χ3n) is 4.02. The normalized spacial score (nSPS) is 21.2. The Morgan fingerprint density at radius 3 is 2.55 bits per heavy atom. The molecule has 0 bridgehead atoms. The maximum atomic E-state index is 12.5. The molecule has 0 saturated heterocycles. The fourth-order valence-corrected chi connectivity index (χ4v) is 2.99. The molecule has 2 amide bonds.